The van der Waals surface area contributed by atoms with E-state index in [9.17, 15) is 19.1 Å². The van der Waals surface area contributed by atoms with Gasteiger partial charge in [-0.3, -0.25) is 14.6 Å². The summed E-state index contributed by atoms with van der Waals surface area (Å²) in [5, 5.41) is 8.14. The molecule has 1 aromatic carbocycles. The van der Waals surface area contributed by atoms with Gasteiger partial charge in [0.05, 0.1) is 35.6 Å². The first-order valence-corrected chi connectivity index (χ1v) is 20.5. The number of ether oxygens (including phenoxy) is 4. The second-order valence-electron chi connectivity index (χ2n) is 17.0. The topological polar surface area (TPSA) is 181 Å². The number of allylic oxidation sites excluding steroid dienone is 4. The highest BCUT2D eigenvalue weighted by molar-refractivity contribution is 7.46. The molecule has 1 spiro atoms. The number of carbonyl (C=O) groups is 2. The van der Waals surface area contributed by atoms with E-state index < -0.39 is 54.1 Å². The largest absolute Gasteiger partial charge is 0.524 e. The van der Waals surface area contributed by atoms with Gasteiger partial charge in [-0.05, 0) is 93.2 Å². The minimum absolute atomic E-state index is 0.00834. The number of aromatic nitrogens is 3. The number of phosphoric ester groups is 1. The molecule has 3 aliphatic carbocycles. The van der Waals surface area contributed by atoms with Crippen molar-refractivity contribution < 1.29 is 47.4 Å². The van der Waals surface area contributed by atoms with Gasteiger partial charge in [-0.25, -0.2) is 19.0 Å². The molecule has 9 rings (SSSR count). The summed E-state index contributed by atoms with van der Waals surface area (Å²) >= 11 is 0. The highest BCUT2D eigenvalue weighted by atomic mass is 31.2. The average molecular weight is 789 g/mol. The summed E-state index contributed by atoms with van der Waals surface area (Å²) in [5.41, 5.74) is -0.0378. The number of carbonyl (C=O) groups excluding carboxylic acids is 2. The van der Waals surface area contributed by atoms with E-state index in [1.807, 2.05) is 66.7 Å². The third-order valence-electron chi connectivity index (χ3n) is 12.2. The van der Waals surface area contributed by atoms with Gasteiger partial charge in [0, 0.05) is 35.0 Å². The number of nitrogens with one attached hydrogen (secondary N) is 1. The third kappa shape index (κ3) is 5.58. The highest BCUT2D eigenvalue weighted by Crippen LogP contribution is 2.73. The normalized spacial score (nSPS) is 29.9. The molecule has 6 bridgehead atoms. The van der Waals surface area contributed by atoms with Crippen molar-refractivity contribution in [1.29, 1.82) is 0 Å². The molecule has 6 atom stereocenters. The summed E-state index contributed by atoms with van der Waals surface area (Å²) < 4.78 is 46.9. The number of Topliss-reactive ketones (excluding diaryl/α,β-unsaturated/α-hetero) is 1. The maximum Gasteiger partial charge on any atom is 0.524 e. The molecule has 6 unspecified atom stereocenters. The predicted octanol–water partition coefficient (Wildman–Crippen LogP) is 6.95. The molecular weight excluding hydrogens is 739 g/mol. The van der Waals surface area contributed by atoms with Gasteiger partial charge in [0.2, 0.25) is 5.95 Å². The van der Waals surface area contributed by atoms with Gasteiger partial charge < -0.3 is 28.8 Å². The van der Waals surface area contributed by atoms with E-state index in [0.29, 0.717) is 53.0 Å². The maximum absolute atomic E-state index is 15.3. The zero-order valence-electron chi connectivity index (χ0n) is 33.2. The number of hydrogen-bond acceptors (Lipinski definition) is 11. The first kappa shape index (κ1) is 38.4. The Morgan fingerprint density at radius 1 is 1.09 bits per heavy atom. The first-order valence-electron chi connectivity index (χ1n) is 19.0. The number of rotatable bonds is 10. The number of ketones is 1. The van der Waals surface area contributed by atoms with Crippen LogP contribution < -0.4 is 19.3 Å². The highest BCUT2D eigenvalue weighted by Gasteiger charge is 2.84. The number of benzene rings is 1. The molecule has 0 radical (unpaired) electrons. The Kier molecular flexibility index (Phi) is 8.75. The fourth-order valence-corrected chi connectivity index (χ4v) is 10.3. The molecule has 3 N–H and O–H groups in total. The fraction of sp³-hybridized carbons (Fsp3) is 0.512. The van der Waals surface area contributed by atoms with Crippen LogP contribution in [0, 0.1) is 11.8 Å². The Labute approximate surface area is 325 Å². The smallest absolute Gasteiger partial charge is 0.482 e. The van der Waals surface area contributed by atoms with Crippen LogP contribution in [-0.2, 0) is 30.0 Å². The van der Waals surface area contributed by atoms with Gasteiger partial charge in [0.25, 0.3) is 0 Å². The van der Waals surface area contributed by atoms with Crippen molar-refractivity contribution in [3.63, 3.8) is 0 Å². The van der Waals surface area contributed by atoms with Gasteiger partial charge in [-0.1, -0.05) is 29.4 Å². The zero-order valence-corrected chi connectivity index (χ0v) is 34.1. The molecule has 7 aliphatic rings. The summed E-state index contributed by atoms with van der Waals surface area (Å²) in [6.07, 6.45) is 13.2. The van der Waals surface area contributed by atoms with Crippen LogP contribution in [0.5, 0.6) is 17.2 Å². The van der Waals surface area contributed by atoms with Gasteiger partial charge in [0.15, 0.2) is 22.7 Å². The number of phosphoric acid groups is 1. The monoisotopic (exact) mass is 788 g/mol. The minimum Gasteiger partial charge on any atom is -0.482 e. The molecule has 3 saturated carbocycles. The molecule has 15 heteroatoms. The van der Waals surface area contributed by atoms with Crippen LogP contribution in [0.25, 0.3) is 11.8 Å². The van der Waals surface area contributed by atoms with Crippen LogP contribution >= 0.6 is 7.82 Å². The molecular formula is C41H49N4O10P. The summed E-state index contributed by atoms with van der Waals surface area (Å²) in [6.45, 7) is 15.6. The summed E-state index contributed by atoms with van der Waals surface area (Å²) in [5.74, 6) is -1.07. The molecule has 1 saturated heterocycles. The van der Waals surface area contributed by atoms with Crippen molar-refractivity contribution >= 4 is 37.3 Å². The van der Waals surface area contributed by atoms with Crippen LogP contribution in [0.3, 0.4) is 0 Å². The van der Waals surface area contributed by atoms with Crippen molar-refractivity contribution in [3.05, 3.63) is 69.6 Å². The molecule has 56 heavy (non-hydrogen) atoms. The summed E-state index contributed by atoms with van der Waals surface area (Å²) in [7, 11) is -3.90. The Morgan fingerprint density at radius 3 is 2.50 bits per heavy atom. The fourth-order valence-electron chi connectivity index (χ4n) is 9.89. The number of anilines is 1. The third-order valence-corrected chi connectivity index (χ3v) is 12.7. The van der Waals surface area contributed by atoms with Crippen molar-refractivity contribution in [2.24, 2.45) is 11.8 Å². The predicted molar refractivity (Wildman–Crippen MR) is 207 cm³/mol. The van der Waals surface area contributed by atoms with E-state index in [1.165, 1.54) is 12.7 Å². The molecule has 4 aliphatic heterocycles. The van der Waals surface area contributed by atoms with Crippen molar-refractivity contribution in [1.82, 2.24) is 14.8 Å². The SMILES string of the molecule is COC(=O)/C(C)=C\CC12OC(C)(C)C3CC(C1=O)C1C4=C(Nc5ncn1n5)c1c(OP(=O)(O)O)c5c(c(CC=C(C)C)c1OC432)OC(C)(CCC=C(C)C)C=C5. The minimum atomic E-state index is -5.20. The number of esters is 1. The lowest BCUT2D eigenvalue weighted by molar-refractivity contribution is -0.181. The quantitative estimate of drug-likeness (QED) is 0.0975. The van der Waals surface area contributed by atoms with E-state index >= 15 is 4.79 Å². The molecule has 14 nitrogen and oxygen atoms in total. The Bertz CT molecular complexity index is 2290. The Morgan fingerprint density at radius 2 is 1.82 bits per heavy atom. The van der Waals surface area contributed by atoms with Crippen LogP contribution in [0.2, 0.25) is 0 Å². The van der Waals surface area contributed by atoms with Crippen LogP contribution in [0.15, 0.2) is 52.9 Å². The molecule has 4 fully saturated rings. The maximum atomic E-state index is 15.3. The summed E-state index contributed by atoms with van der Waals surface area (Å²) in [4.78, 5) is 53.5. The van der Waals surface area contributed by atoms with Gasteiger partial charge >= 0.3 is 13.8 Å². The van der Waals surface area contributed by atoms with Gasteiger partial charge in [-0.2, -0.15) is 0 Å². The van der Waals surface area contributed by atoms with Crippen LogP contribution in [0.1, 0.15) is 104 Å². The van der Waals surface area contributed by atoms with E-state index in [2.05, 4.69) is 16.4 Å². The second kappa shape index (κ2) is 12.8. The molecule has 5 heterocycles. The van der Waals surface area contributed by atoms with Crippen molar-refractivity contribution in [2.75, 3.05) is 12.4 Å². The van der Waals surface area contributed by atoms with E-state index in [-0.39, 0.29) is 35.2 Å². The molecule has 298 valence electrons. The van der Waals surface area contributed by atoms with Crippen LogP contribution in [-0.4, -0.2) is 65.8 Å². The Hall–Kier alpha value is -4.49. The van der Waals surface area contributed by atoms with Gasteiger partial charge in [-0.15, -0.1) is 5.10 Å². The zero-order chi connectivity index (χ0) is 40.3. The van der Waals surface area contributed by atoms with Gasteiger partial charge in [0.1, 0.15) is 23.4 Å². The van der Waals surface area contributed by atoms with E-state index in [4.69, 9.17) is 28.6 Å². The van der Waals surface area contributed by atoms with E-state index in [0.717, 1.165) is 12.0 Å². The lowest BCUT2D eigenvalue weighted by Gasteiger charge is -2.60. The number of methoxy groups -OCH3 is 1. The lowest BCUT2D eigenvalue weighted by Crippen LogP contribution is -2.74. The first-order chi connectivity index (χ1) is 26.3. The standard InChI is InChI=1S/C41H49N4O10P/c1-21(2)11-10-16-39(8)17-15-25-32(52-39)24(13-12-22(3)4)33-28(34(25)54-56(48,49)50)30-29-31(45-20-42-37(43-30)44-45)26-19-27-38(6,7)55-40(35(26)46,41(27,29)53-33)18-14-23(5)36(47)51-9/h11-12,14-15,17,20,26-27,31H,10,13,16,18-19H2,1-9H3,(H,43,44)(H2,48,49,50)/b23-14-. The number of hydrogen-bond donors (Lipinski definition) is 3. The number of nitrogens with zero attached hydrogens (tertiary/aromatic N) is 3. The summed E-state index contributed by atoms with van der Waals surface area (Å²) in [6, 6.07) is -0.681. The molecule has 2 aromatic rings. The van der Waals surface area contributed by atoms with E-state index in [1.54, 1.807) is 24.0 Å². The van der Waals surface area contributed by atoms with Crippen molar-refractivity contribution in [2.45, 2.75) is 116 Å². The van der Waals surface area contributed by atoms with Crippen LogP contribution in [0.4, 0.5) is 5.95 Å². The number of fused-ring (bicyclic) bond motifs is 5. The lowest BCUT2D eigenvalue weighted by atomic mass is 9.47. The second-order valence-corrected chi connectivity index (χ2v) is 18.2. The molecule has 1 aromatic heterocycles. The average Bonchev–Trinajstić information content (AvgIpc) is 3.56. The Balaban J connectivity index is 1.47. The molecule has 0 amide bonds. The van der Waals surface area contributed by atoms with Crippen molar-refractivity contribution in [3.8, 4) is 17.2 Å².